The first-order chi connectivity index (χ1) is 10.1. The van der Waals surface area contributed by atoms with E-state index in [2.05, 4.69) is 57.4 Å². The maximum absolute atomic E-state index is 5.28. The summed E-state index contributed by atoms with van der Waals surface area (Å²) in [7, 11) is 1.68. The van der Waals surface area contributed by atoms with Crippen molar-refractivity contribution in [2.45, 2.75) is 26.3 Å². The second-order valence-electron chi connectivity index (χ2n) is 5.02. The van der Waals surface area contributed by atoms with Crippen LogP contribution < -0.4 is 10.1 Å². The molecule has 0 aliphatic rings. The second-order valence-corrected chi connectivity index (χ2v) is 5.87. The number of hydrogen-bond donors (Lipinski definition) is 1. The van der Waals surface area contributed by atoms with Crippen LogP contribution in [0.5, 0.6) is 5.75 Å². The summed E-state index contributed by atoms with van der Waals surface area (Å²) in [5, 5.41) is 3.53. The molecule has 0 aliphatic carbocycles. The third-order valence-corrected chi connectivity index (χ3v) is 4.06. The number of ether oxygens (including phenoxy) is 1. The SMILES string of the molecule is CCNC(Cc1ccc(OC)c(Br)c1)c1ccc(C)nc1. The summed E-state index contributed by atoms with van der Waals surface area (Å²) in [4.78, 5) is 4.40. The minimum Gasteiger partial charge on any atom is -0.496 e. The normalized spacial score (nSPS) is 12.2. The van der Waals surface area contributed by atoms with Crippen LogP contribution in [0.2, 0.25) is 0 Å². The molecule has 0 radical (unpaired) electrons. The molecule has 0 fully saturated rings. The molecule has 3 nitrogen and oxygen atoms in total. The fourth-order valence-corrected chi connectivity index (χ4v) is 2.90. The molecule has 2 rings (SSSR count). The van der Waals surface area contributed by atoms with Crippen molar-refractivity contribution in [3.8, 4) is 5.75 Å². The van der Waals surface area contributed by atoms with Gasteiger partial charge in [-0.25, -0.2) is 0 Å². The molecule has 4 heteroatoms. The number of hydrogen-bond acceptors (Lipinski definition) is 3. The number of aryl methyl sites for hydroxylation is 1. The quantitative estimate of drug-likeness (QED) is 0.854. The zero-order valence-electron chi connectivity index (χ0n) is 12.7. The van der Waals surface area contributed by atoms with E-state index in [9.17, 15) is 0 Å². The van der Waals surface area contributed by atoms with Crippen LogP contribution in [-0.4, -0.2) is 18.6 Å². The Bertz CT molecular complexity index is 584. The van der Waals surface area contributed by atoms with Crippen LogP contribution in [-0.2, 0) is 6.42 Å². The van der Waals surface area contributed by atoms with Crippen molar-refractivity contribution < 1.29 is 4.74 Å². The first kappa shape index (κ1) is 16.0. The highest BCUT2D eigenvalue weighted by molar-refractivity contribution is 9.10. The standard InChI is InChI=1S/C17H21BrN2O/c1-4-19-16(14-7-5-12(2)20-11-14)10-13-6-8-17(21-3)15(18)9-13/h5-9,11,16,19H,4,10H2,1-3H3. The van der Waals surface area contributed by atoms with Gasteiger partial charge in [0, 0.05) is 17.9 Å². The molecule has 0 aliphatic heterocycles. The number of likely N-dealkylation sites (N-methyl/N-ethyl adjacent to an activating group) is 1. The van der Waals surface area contributed by atoms with Crippen molar-refractivity contribution in [1.82, 2.24) is 10.3 Å². The number of aromatic nitrogens is 1. The van der Waals surface area contributed by atoms with E-state index in [-0.39, 0.29) is 6.04 Å². The molecule has 0 saturated heterocycles. The van der Waals surface area contributed by atoms with E-state index in [0.29, 0.717) is 0 Å². The van der Waals surface area contributed by atoms with Crippen molar-refractivity contribution in [3.05, 3.63) is 57.8 Å². The Morgan fingerprint density at radius 2 is 2.10 bits per heavy atom. The van der Waals surface area contributed by atoms with E-state index in [1.165, 1.54) is 11.1 Å². The molecule has 1 atom stereocenters. The fraction of sp³-hybridized carbons (Fsp3) is 0.353. The Morgan fingerprint density at radius 3 is 2.67 bits per heavy atom. The smallest absolute Gasteiger partial charge is 0.133 e. The average molecular weight is 349 g/mol. The lowest BCUT2D eigenvalue weighted by Crippen LogP contribution is -2.23. The minimum atomic E-state index is 0.267. The molecule has 21 heavy (non-hydrogen) atoms. The Balaban J connectivity index is 2.19. The van der Waals surface area contributed by atoms with Crippen LogP contribution in [0.3, 0.4) is 0 Å². The van der Waals surface area contributed by atoms with E-state index in [4.69, 9.17) is 4.74 Å². The summed E-state index contributed by atoms with van der Waals surface area (Å²) >= 11 is 3.54. The number of nitrogens with one attached hydrogen (secondary N) is 1. The van der Waals surface area contributed by atoms with Crippen LogP contribution in [0.1, 0.15) is 29.8 Å². The summed E-state index contributed by atoms with van der Waals surface area (Å²) in [5.74, 6) is 0.857. The average Bonchev–Trinajstić information content (AvgIpc) is 2.48. The monoisotopic (exact) mass is 348 g/mol. The maximum Gasteiger partial charge on any atom is 0.133 e. The van der Waals surface area contributed by atoms with Gasteiger partial charge < -0.3 is 10.1 Å². The molecular formula is C17H21BrN2O. The predicted octanol–water partition coefficient (Wildman–Crippen LogP) is 4.05. The Kier molecular flexibility index (Phi) is 5.76. The Morgan fingerprint density at radius 1 is 1.29 bits per heavy atom. The van der Waals surface area contributed by atoms with Crippen molar-refractivity contribution in [3.63, 3.8) is 0 Å². The topological polar surface area (TPSA) is 34.1 Å². The Labute approximate surface area is 134 Å². The molecule has 1 aromatic carbocycles. The zero-order chi connectivity index (χ0) is 15.2. The molecule has 1 unspecified atom stereocenters. The molecule has 0 saturated carbocycles. The Hall–Kier alpha value is -1.39. The van der Waals surface area contributed by atoms with Gasteiger partial charge >= 0.3 is 0 Å². The van der Waals surface area contributed by atoms with E-state index < -0.39 is 0 Å². The van der Waals surface area contributed by atoms with Gasteiger partial charge in [-0.1, -0.05) is 19.1 Å². The van der Waals surface area contributed by atoms with Gasteiger partial charge in [-0.05, 0) is 65.1 Å². The van der Waals surface area contributed by atoms with Crippen molar-refractivity contribution >= 4 is 15.9 Å². The van der Waals surface area contributed by atoms with Crippen molar-refractivity contribution in [1.29, 1.82) is 0 Å². The molecule has 2 aromatic rings. The molecule has 112 valence electrons. The molecule has 0 amide bonds. The molecule has 0 bridgehead atoms. The molecule has 0 spiro atoms. The maximum atomic E-state index is 5.28. The predicted molar refractivity (Wildman–Crippen MR) is 89.8 cm³/mol. The van der Waals surface area contributed by atoms with Crippen LogP contribution in [0.25, 0.3) is 0 Å². The first-order valence-corrected chi connectivity index (χ1v) is 7.91. The highest BCUT2D eigenvalue weighted by Gasteiger charge is 2.12. The summed E-state index contributed by atoms with van der Waals surface area (Å²) in [6.45, 7) is 5.06. The highest BCUT2D eigenvalue weighted by atomic mass is 79.9. The third-order valence-electron chi connectivity index (χ3n) is 3.44. The third kappa shape index (κ3) is 4.29. The summed E-state index contributed by atoms with van der Waals surface area (Å²) in [6, 6.07) is 10.7. The first-order valence-electron chi connectivity index (χ1n) is 7.12. The second kappa shape index (κ2) is 7.57. The number of halogens is 1. The van der Waals surface area contributed by atoms with Crippen LogP contribution >= 0.6 is 15.9 Å². The fourth-order valence-electron chi connectivity index (χ4n) is 2.31. The van der Waals surface area contributed by atoms with E-state index >= 15 is 0 Å². The van der Waals surface area contributed by atoms with Crippen molar-refractivity contribution in [2.24, 2.45) is 0 Å². The molecular weight excluding hydrogens is 328 g/mol. The van der Waals surface area contributed by atoms with E-state index in [1.54, 1.807) is 7.11 Å². The summed E-state index contributed by atoms with van der Waals surface area (Å²) < 4.78 is 6.26. The van der Waals surface area contributed by atoms with E-state index in [1.807, 2.05) is 19.2 Å². The lowest BCUT2D eigenvalue weighted by Gasteiger charge is -2.19. The number of benzene rings is 1. The van der Waals surface area contributed by atoms with Gasteiger partial charge in [0.1, 0.15) is 5.75 Å². The van der Waals surface area contributed by atoms with Gasteiger partial charge in [0.25, 0.3) is 0 Å². The largest absolute Gasteiger partial charge is 0.496 e. The summed E-state index contributed by atoms with van der Waals surface area (Å²) in [5.41, 5.74) is 3.52. The van der Waals surface area contributed by atoms with Gasteiger partial charge in [0.05, 0.1) is 11.6 Å². The van der Waals surface area contributed by atoms with Gasteiger partial charge in [-0.2, -0.15) is 0 Å². The van der Waals surface area contributed by atoms with Crippen LogP contribution in [0.15, 0.2) is 41.0 Å². The summed E-state index contributed by atoms with van der Waals surface area (Å²) in [6.07, 6.45) is 2.88. The van der Waals surface area contributed by atoms with Gasteiger partial charge in [0.2, 0.25) is 0 Å². The van der Waals surface area contributed by atoms with Crippen molar-refractivity contribution in [2.75, 3.05) is 13.7 Å². The number of rotatable bonds is 6. The van der Waals surface area contributed by atoms with Gasteiger partial charge in [-0.3, -0.25) is 4.98 Å². The zero-order valence-corrected chi connectivity index (χ0v) is 14.3. The van der Waals surface area contributed by atoms with E-state index in [0.717, 1.165) is 28.9 Å². The minimum absolute atomic E-state index is 0.267. The molecule has 1 aromatic heterocycles. The number of nitrogens with zero attached hydrogens (tertiary/aromatic N) is 1. The lowest BCUT2D eigenvalue weighted by atomic mass is 10.00. The lowest BCUT2D eigenvalue weighted by molar-refractivity contribution is 0.412. The van der Waals surface area contributed by atoms with Crippen LogP contribution in [0.4, 0.5) is 0 Å². The number of methoxy groups -OCH3 is 1. The highest BCUT2D eigenvalue weighted by Crippen LogP contribution is 2.27. The van der Waals surface area contributed by atoms with Crippen LogP contribution in [0, 0.1) is 6.92 Å². The molecule has 1 heterocycles. The molecule has 1 N–H and O–H groups in total. The van der Waals surface area contributed by atoms with Gasteiger partial charge in [0.15, 0.2) is 0 Å². The van der Waals surface area contributed by atoms with Gasteiger partial charge in [-0.15, -0.1) is 0 Å². The number of pyridine rings is 1.